The highest BCUT2D eigenvalue weighted by molar-refractivity contribution is 5.90. The topological polar surface area (TPSA) is 140 Å². The van der Waals surface area contributed by atoms with Crippen molar-refractivity contribution >= 4 is 29.0 Å². The number of hydrogen-bond donors (Lipinski definition) is 2. The fourth-order valence-corrected chi connectivity index (χ4v) is 5.60. The van der Waals surface area contributed by atoms with Crippen LogP contribution >= 0.6 is 0 Å². The highest BCUT2D eigenvalue weighted by Gasteiger charge is 2.47. The summed E-state index contributed by atoms with van der Waals surface area (Å²) in [5.41, 5.74) is 1.36. The summed E-state index contributed by atoms with van der Waals surface area (Å²) in [5, 5.41) is 12.7. The van der Waals surface area contributed by atoms with E-state index < -0.39 is 41.6 Å². The number of aliphatic carboxylic acids is 1. The number of carboxylic acids is 1. The number of nitrogens with one attached hydrogen (secondary N) is 1. The van der Waals surface area contributed by atoms with E-state index in [4.69, 9.17) is 24.2 Å². The number of ether oxygens (including phenoxy) is 3. The van der Waals surface area contributed by atoms with Gasteiger partial charge in [-0.15, -0.1) is 0 Å². The van der Waals surface area contributed by atoms with Gasteiger partial charge in [-0.1, -0.05) is 33.6 Å². The van der Waals surface area contributed by atoms with E-state index in [1.807, 2.05) is 32.9 Å². The Morgan fingerprint density at radius 2 is 1.90 bits per heavy atom. The van der Waals surface area contributed by atoms with Gasteiger partial charge in [0.25, 0.3) is 0 Å². The summed E-state index contributed by atoms with van der Waals surface area (Å²) in [6.07, 6.45) is 3.97. The lowest BCUT2D eigenvalue weighted by Crippen LogP contribution is -2.57. The molecule has 1 aromatic heterocycles. The van der Waals surface area contributed by atoms with E-state index >= 15 is 0 Å². The van der Waals surface area contributed by atoms with E-state index in [1.54, 1.807) is 13.2 Å². The van der Waals surface area contributed by atoms with E-state index in [2.05, 4.69) is 5.32 Å². The molecule has 2 amide bonds. The Balaban J connectivity index is 1.48. The number of methoxy groups -OCH3 is 1. The molecular formula is C29H38N4O7. The third-order valence-corrected chi connectivity index (χ3v) is 8.00. The molecule has 5 rings (SSSR count). The van der Waals surface area contributed by atoms with E-state index in [-0.39, 0.29) is 19.1 Å². The van der Waals surface area contributed by atoms with E-state index in [1.165, 1.54) is 4.90 Å². The van der Waals surface area contributed by atoms with Crippen LogP contribution in [0.4, 0.5) is 4.79 Å². The third-order valence-electron chi connectivity index (χ3n) is 8.00. The Morgan fingerprint density at radius 1 is 1.10 bits per heavy atom. The number of amides is 2. The van der Waals surface area contributed by atoms with Gasteiger partial charge in [0.05, 0.1) is 24.7 Å². The number of nitrogens with zero attached hydrogens (tertiary/aromatic N) is 3. The molecule has 2 N–H and O–H groups in total. The predicted molar refractivity (Wildman–Crippen MR) is 145 cm³/mol. The monoisotopic (exact) mass is 554 g/mol. The van der Waals surface area contributed by atoms with Gasteiger partial charge in [-0.25, -0.2) is 19.6 Å². The van der Waals surface area contributed by atoms with Gasteiger partial charge < -0.3 is 29.5 Å². The zero-order chi connectivity index (χ0) is 28.6. The first kappa shape index (κ1) is 27.9. The predicted octanol–water partition coefficient (Wildman–Crippen LogP) is 3.72. The average Bonchev–Trinajstić information content (AvgIpc) is 3.48. The number of rotatable bonds is 2. The number of carboxylic acid groups (broad SMARTS) is 1. The highest BCUT2D eigenvalue weighted by atomic mass is 16.6. The SMILES string of the molecule is COc1ccc2nc3c(nc2c1)O[C@H]1C[C@@H](C(=O)O)N(C1)C(=O)[C@H](C(C)(C)C)NC(=O)O[C@@H]1C[C@H]1CCCCC3. The summed E-state index contributed by atoms with van der Waals surface area (Å²) >= 11 is 0. The van der Waals surface area contributed by atoms with Gasteiger partial charge >= 0.3 is 12.1 Å². The molecule has 1 aromatic carbocycles. The quantitative estimate of drug-likeness (QED) is 0.568. The Morgan fingerprint density at radius 3 is 2.62 bits per heavy atom. The number of hydrogen-bond acceptors (Lipinski definition) is 8. The molecular weight excluding hydrogens is 516 g/mol. The van der Waals surface area contributed by atoms with Crippen molar-refractivity contribution in [3.8, 4) is 11.6 Å². The molecule has 1 saturated carbocycles. The van der Waals surface area contributed by atoms with Crippen LogP contribution in [-0.2, 0) is 20.7 Å². The van der Waals surface area contributed by atoms with Crippen molar-refractivity contribution in [2.45, 2.75) is 90.0 Å². The average molecular weight is 555 g/mol. The molecule has 40 heavy (non-hydrogen) atoms. The van der Waals surface area contributed by atoms with Crippen LogP contribution in [0.15, 0.2) is 18.2 Å². The summed E-state index contributed by atoms with van der Waals surface area (Å²) in [7, 11) is 1.58. The van der Waals surface area contributed by atoms with Crippen molar-refractivity contribution in [2.24, 2.45) is 11.3 Å². The van der Waals surface area contributed by atoms with Crippen LogP contribution in [0.25, 0.3) is 11.0 Å². The van der Waals surface area contributed by atoms with Gasteiger partial charge in [-0.3, -0.25) is 4.79 Å². The summed E-state index contributed by atoms with van der Waals surface area (Å²) in [6.45, 7) is 5.52. The summed E-state index contributed by atoms with van der Waals surface area (Å²) < 4.78 is 17.3. The van der Waals surface area contributed by atoms with Gasteiger partial charge in [0.15, 0.2) is 0 Å². The lowest BCUT2D eigenvalue weighted by molar-refractivity contribution is -0.150. The fourth-order valence-electron chi connectivity index (χ4n) is 5.60. The molecule has 5 atom stereocenters. The molecule has 3 aliphatic rings. The van der Waals surface area contributed by atoms with Crippen LogP contribution in [-0.4, -0.2) is 75.9 Å². The first-order chi connectivity index (χ1) is 19.0. The smallest absolute Gasteiger partial charge is 0.408 e. The van der Waals surface area contributed by atoms with Crippen molar-refractivity contribution in [3.63, 3.8) is 0 Å². The van der Waals surface area contributed by atoms with Gasteiger partial charge in [0.1, 0.15) is 35.7 Å². The molecule has 2 fully saturated rings. The molecule has 0 radical (unpaired) electrons. The van der Waals surface area contributed by atoms with Crippen LogP contribution in [0.3, 0.4) is 0 Å². The van der Waals surface area contributed by atoms with Gasteiger partial charge in [-0.2, -0.15) is 0 Å². The van der Waals surface area contributed by atoms with Crippen LogP contribution < -0.4 is 14.8 Å². The maximum absolute atomic E-state index is 13.8. The van der Waals surface area contributed by atoms with Crippen molar-refractivity contribution in [2.75, 3.05) is 13.7 Å². The Hall–Kier alpha value is -3.63. The van der Waals surface area contributed by atoms with E-state index in [0.29, 0.717) is 35.2 Å². The molecule has 216 valence electrons. The maximum Gasteiger partial charge on any atom is 0.408 e. The zero-order valence-corrected chi connectivity index (χ0v) is 23.5. The van der Waals surface area contributed by atoms with Gasteiger partial charge in [-0.05, 0) is 49.1 Å². The Bertz CT molecular complexity index is 1290. The Labute approximate surface area is 233 Å². The van der Waals surface area contributed by atoms with Crippen molar-refractivity contribution in [1.29, 1.82) is 0 Å². The first-order valence-corrected chi connectivity index (χ1v) is 14.0. The van der Waals surface area contributed by atoms with Crippen molar-refractivity contribution in [1.82, 2.24) is 20.2 Å². The molecule has 11 nitrogen and oxygen atoms in total. The maximum atomic E-state index is 13.8. The second kappa shape index (κ2) is 11.1. The summed E-state index contributed by atoms with van der Waals surface area (Å²) in [6, 6.07) is 3.40. The zero-order valence-electron chi connectivity index (χ0n) is 23.5. The molecule has 0 unspecified atom stereocenters. The highest BCUT2D eigenvalue weighted by Crippen LogP contribution is 2.39. The fraction of sp³-hybridized carbons (Fsp3) is 0.621. The first-order valence-electron chi connectivity index (χ1n) is 14.0. The van der Waals surface area contributed by atoms with Crippen molar-refractivity contribution in [3.05, 3.63) is 23.9 Å². The third kappa shape index (κ3) is 6.08. The lowest BCUT2D eigenvalue weighted by atomic mass is 9.85. The number of aryl methyl sites for hydroxylation is 1. The molecule has 2 bridgehead atoms. The normalized spacial score (nSPS) is 27.8. The van der Waals surface area contributed by atoms with Gasteiger partial charge in [0, 0.05) is 12.5 Å². The number of fused-ring (bicyclic) bond motifs is 5. The second-order valence-corrected chi connectivity index (χ2v) is 12.1. The molecule has 0 spiro atoms. The van der Waals surface area contributed by atoms with Crippen LogP contribution in [0, 0.1) is 11.3 Å². The number of carbonyl (C=O) groups excluding carboxylic acids is 2. The number of aromatic nitrogens is 2. The number of carbonyl (C=O) groups is 3. The van der Waals surface area contributed by atoms with Crippen molar-refractivity contribution < 1.29 is 33.7 Å². The number of benzene rings is 1. The van der Waals surface area contributed by atoms with Crippen LogP contribution in [0.5, 0.6) is 11.6 Å². The molecule has 11 heteroatoms. The second-order valence-electron chi connectivity index (χ2n) is 12.1. The van der Waals surface area contributed by atoms with E-state index in [0.717, 1.165) is 37.6 Å². The van der Waals surface area contributed by atoms with Crippen LogP contribution in [0.1, 0.15) is 65.0 Å². The molecule has 1 aliphatic carbocycles. The molecule has 2 aliphatic heterocycles. The standard InChI is InChI=1S/C29H38N4O7/c1-29(2,3)24-26(34)33-15-18(14-22(33)27(35)36)39-25-20(30-19-11-10-17(38-4)13-21(19)31-25)9-7-5-6-8-16-12-23(16)40-28(37)32-24/h10-11,13,16,18,22-24H,5-9,12,14-15H2,1-4H3,(H,32,37)(H,35,36)/t16-,18+,22+,23-,24-/m1/s1. The minimum atomic E-state index is -1.13. The molecule has 1 saturated heterocycles. The van der Waals surface area contributed by atoms with Gasteiger partial charge in [0.2, 0.25) is 11.8 Å². The molecule has 2 aromatic rings. The minimum Gasteiger partial charge on any atom is -0.497 e. The molecule has 3 heterocycles. The minimum absolute atomic E-state index is 0.0427. The van der Waals surface area contributed by atoms with Crippen LogP contribution in [0.2, 0.25) is 0 Å². The summed E-state index contributed by atoms with van der Waals surface area (Å²) in [4.78, 5) is 49.7. The lowest BCUT2D eigenvalue weighted by Gasteiger charge is -2.34. The number of alkyl carbamates (subject to hydrolysis) is 1. The summed E-state index contributed by atoms with van der Waals surface area (Å²) in [5.74, 6) is -0.301. The Kier molecular flexibility index (Phi) is 7.74. The largest absolute Gasteiger partial charge is 0.497 e. The van der Waals surface area contributed by atoms with E-state index in [9.17, 15) is 19.5 Å².